The first-order chi connectivity index (χ1) is 10.9. The summed E-state index contributed by atoms with van der Waals surface area (Å²) < 4.78 is 1.66. The molecule has 5 nitrogen and oxygen atoms in total. The van der Waals surface area contributed by atoms with Crippen molar-refractivity contribution < 1.29 is 4.79 Å². The third-order valence-electron chi connectivity index (χ3n) is 3.92. The lowest BCUT2D eigenvalue weighted by atomic mass is 10.0. The lowest BCUT2D eigenvalue weighted by Gasteiger charge is -2.21. The van der Waals surface area contributed by atoms with Crippen molar-refractivity contribution in [3.63, 3.8) is 0 Å². The maximum absolute atomic E-state index is 12.4. The summed E-state index contributed by atoms with van der Waals surface area (Å²) in [5.74, 6) is 0.354. The molecule has 0 aliphatic rings. The van der Waals surface area contributed by atoms with Crippen LogP contribution >= 0.6 is 24.0 Å². The maximum Gasteiger partial charge on any atom is 0.256 e. The number of benzene rings is 1. The van der Waals surface area contributed by atoms with Crippen molar-refractivity contribution in [1.82, 2.24) is 14.7 Å². The summed E-state index contributed by atoms with van der Waals surface area (Å²) in [6.07, 6.45) is 4.09. The van der Waals surface area contributed by atoms with Gasteiger partial charge in [0.1, 0.15) is 0 Å². The minimum Gasteiger partial charge on any atom is -0.342 e. The fraction of sp³-hybridized carbons (Fsp3) is 0.412. The number of nitrogens with two attached hydrogens (primary N) is 1. The molecule has 0 fully saturated rings. The number of carbonyl (C=O) groups excluding carboxylic acids is 1. The molecule has 2 aromatic rings. The molecule has 0 aliphatic heterocycles. The molecule has 0 radical (unpaired) electrons. The first-order valence-corrected chi connectivity index (χ1v) is 8.08. The Labute approximate surface area is 154 Å². The van der Waals surface area contributed by atoms with Gasteiger partial charge >= 0.3 is 0 Å². The normalized spacial score (nSPS) is 11.9. The summed E-state index contributed by atoms with van der Waals surface area (Å²) in [7, 11) is 1.79. The highest BCUT2D eigenvalue weighted by Gasteiger charge is 2.16. The van der Waals surface area contributed by atoms with Gasteiger partial charge in [0.15, 0.2) is 0 Å². The summed E-state index contributed by atoms with van der Waals surface area (Å²) in [5.41, 5.74) is 7.45. The van der Waals surface area contributed by atoms with Gasteiger partial charge in [-0.25, -0.2) is 4.68 Å². The first-order valence-electron chi connectivity index (χ1n) is 7.70. The summed E-state index contributed by atoms with van der Waals surface area (Å²) in [4.78, 5) is 14.1. The van der Waals surface area contributed by atoms with Crippen LogP contribution in [-0.2, 0) is 0 Å². The molecule has 7 heteroatoms. The second-order valence-electron chi connectivity index (χ2n) is 6.07. The zero-order valence-electron chi connectivity index (χ0n) is 14.1. The minimum atomic E-state index is -0.0545. The second kappa shape index (κ2) is 9.06. The van der Waals surface area contributed by atoms with Crippen LogP contribution < -0.4 is 5.73 Å². The molecular formula is C17H24Cl2N4O. The average Bonchev–Trinajstić information content (AvgIpc) is 3.01. The fourth-order valence-corrected chi connectivity index (χ4v) is 2.29. The average molecular weight is 371 g/mol. The third kappa shape index (κ3) is 5.23. The summed E-state index contributed by atoms with van der Waals surface area (Å²) in [6.45, 7) is 4.80. The van der Waals surface area contributed by atoms with Crippen LogP contribution in [0.5, 0.6) is 0 Å². The van der Waals surface area contributed by atoms with Gasteiger partial charge in [0, 0.05) is 30.9 Å². The molecular weight excluding hydrogens is 347 g/mol. The van der Waals surface area contributed by atoms with E-state index < -0.39 is 0 Å². The van der Waals surface area contributed by atoms with E-state index in [-0.39, 0.29) is 24.4 Å². The number of halogens is 2. The third-order valence-corrected chi connectivity index (χ3v) is 4.17. The highest BCUT2D eigenvalue weighted by Crippen LogP contribution is 2.14. The lowest BCUT2D eigenvalue weighted by Crippen LogP contribution is -2.34. The SMILES string of the molecule is CC(C)C(N)CCN(C)C(=O)c1cnn(-c2ccc(Cl)cc2)c1.Cl. The first kappa shape index (κ1) is 20.5. The van der Waals surface area contributed by atoms with E-state index in [2.05, 4.69) is 18.9 Å². The predicted molar refractivity (Wildman–Crippen MR) is 100 cm³/mol. The van der Waals surface area contributed by atoms with Crippen molar-refractivity contribution in [1.29, 1.82) is 0 Å². The highest BCUT2D eigenvalue weighted by molar-refractivity contribution is 6.30. The highest BCUT2D eigenvalue weighted by atomic mass is 35.5. The van der Waals surface area contributed by atoms with E-state index >= 15 is 0 Å². The Kier molecular flexibility index (Phi) is 7.73. The lowest BCUT2D eigenvalue weighted by molar-refractivity contribution is 0.0789. The molecule has 1 aromatic carbocycles. The fourth-order valence-electron chi connectivity index (χ4n) is 2.17. The monoisotopic (exact) mass is 370 g/mol. The molecule has 2 N–H and O–H groups in total. The molecule has 2 rings (SSSR count). The largest absolute Gasteiger partial charge is 0.342 e. The zero-order valence-corrected chi connectivity index (χ0v) is 15.7. The second-order valence-corrected chi connectivity index (χ2v) is 6.51. The van der Waals surface area contributed by atoms with Gasteiger partial charge in [0.05, 0.1) is 17.4 Å². The van der Waals surface area contributed by atoms with Crippen molar-refractivity contribution in [3.05, 3.63) is 47.2 Å². The standard InChI is InChI=1S/C17H23ClN4O.ClH/c1-12(2)16(19)8-9-21(3)17(23)13-10-20-22(11-13)15-6-4-14(18)5-7-15;/h4-7,10-12,16H,8-9,19H2,1-3H3;1H. The Morgan fingerprint density at radius 3 is 2.54 bits per heavy atom. The van der Waals surface area contributed by atoms with E-state index in [0.29, 0.717) is 23.0 Å². The Hall–Kier alpha value is -1.56. The van der Waals surface area contributed by atoms with Crippen LogP contribution in [0.25, 0.3) is 5.69 Å². The van der Waals surface area contributed by atoms with E-state index in [1.807, 2.05) is 12.1 Å². The molecule has 0 saturated heterocycles. The number of nitrogens with zero attached hydrogens (tertiary/aromatic N) is 3. The molecule has 1 unspecified atom stereocenters. The van der Waals surface area contributed by atoms with E-state index in [1.54, 1.807) is 41.2 Å². The van der Waals surface area contributed by atoms with Crippen LogP contribution in [0.4, 0.5) is 0 Å². The number of carbonyl (C=O) groups is 1. The van der Waals surface area contributed by atoms with Crippen molar-refractivity contribution in [2.24, 2.45) is 11.7 Å². The van der Waals surface area contributed by atoms with E-state index in [1.165, 1.54) is 0 Å². The summed E-state index contributed by atoms with van der Waals surface area (Å²) in [6, 6.07) is 7.39. The molecule has 132 valence electrons. The smallest absolute Gasteiger partial charge is 0.256 e. The Bertz CT molecular complexity index is 655. The van der Waals surface area contributed by atoms with Gasteiger partial charge in [0.25, 0.3) is 5.91 Å². The molecule has 0 saturated carbocycles. The van der Waals surface area contributed by atoms with Crippen LogP contribution in [0.1, 0.15) is 30.6 Å². The van der Waals surface area contributed by atoms with Crippen LogP contribution in [0.15, 0.2) is 36.7 Å². The molecule has 1 amide bonds. The Morgan fingerprint density at radius 1 is 1.33 bits per heavy atom. The van der Waals surface area contributed by atoms with E-state index in [9.17, 15) is 4.79 Å². The van der Waals surface area contributed by atoms with Gasteiger partial charge in [-0.05, 0) is 36.6 Å². The van der Waals surface area contributed by atoms with Gasteiger partial charge in [-0.2, -0.15) is 5.10 Å². The summed E-state index contributed by atoms with van der Waals surface area (Å²) >= 11 is 5.88. The van der Waals surface area contributed by atoms with Gasteiger partial charge in [0.2, 0.25) is 0 Å². The van der Waals surface area contributed by atoms with Gasteiger partial charge in [-0.1, -0.05) is 25.4 Å². The van der Waals surface area contributed by atoms with Gasteiger partial charge in [-0.15, -0.1) is 12.4 Å². The van der Waals surface area contributed by atoms with Crippen LogP contribution in [0.2, 0.25) is 5.02 Å². The van der Waals surface area contributed by atoms with Crippen LogP contribution in [0.3, 0.4) is 0 Å². The number of amides is 1. The van der Waals surface area contributed by atoms with Gasteiger partial charge in [-0.3, -0.25) is 4.79 Å². The Morgan fingerprint density at radius 2 is 1.96 bits per heavy atom. The number of aromatic nitrogens is 2. The quantitative estimate of drug-likeness (QED) is 0.847. The Balaban J connectivity index is 0.00000288. The molecule has 1 aromatic heterocycles. The van der Waals surface area contributed by atoms with Crippen molar-refractivity contribution in [2.45, 2.75) is 26.3 Å². The predicted octanol–water partition coefficient (Wildman–Crippen LogP) is 3.39. The molecule has 0 bridgehead atoms. The van der Waals surface area contributed by atoms with E-state index in [4.69, 9.17) is 17.3 Å². The molecule has 24 heavy (non-hydrogen) atoms. The van der Waals surface area contributed by atoms with Gasteiger partial charge < -0.3 is 10.6 Å². The van der Waals surface area contributed by atoms with Crippen molar-refractivity contribution in [2.75, 3.05) is 13.6 Å². The minimum absolute atomic E-state index is 0. The van der Waals surface area contributed by atoms with Crippen LogP contribution in [-0.4, -0.2) is 40.2 Å². The molecule has 0 spiro atoms. The zero-order chi connectivity index (χ0) is 17.0. The maximum atomic E-state index is 12.4. The topological polar surface area (TPSA) is 64.2 Å². The van der Waals surface area contributed by atoms with E-state index in [0.717, 1.165) is 12.1 Å². The molecule has 1 heterocycles. The summed E-state index contributed by atoms with van der Waals surface area (Å²) in [5, 5.41) is 4.91. The molecule has 0 aliphatic carbocycles. The van der Waals surface area contributed by atoms with Crippen LogP contribution in [0, 0.1) is 5.92 Å². The number of hydrogen-bond acceptors (Lipinski definition) is 3. The molecule has 1 atom stereocenters. The number of rotatable bonds is 6. The van der Waals surface area contributed by atoms with Crippen molar-refractivity contribution >= 4 is 29.9 Å². The van der Waals surface area contributed by atoms with Crippen molar-refractivity contribution in [3.8, 4) is 5.69 Å². The number of hydrogen-bond donors (Lipinski definition) is 1.